The Morgan fingerprint density at radius 3 is 2.63 bits per heavy atom. The second kappa shape index (κ2) is 8.93. The number of aliphatic hydroxyl groups excluding tert-OH is 1. The molecule has 0 radical (unpaired) electrons. The highest BCUT2D eigenvalue weighted by molar-refractivity contribution is 8.15. The van der Waals surface area contributed by atoms with Crippen LogP contribution in [-0.2, 0) is 9.67 Å². The highest BCUT2D eigenvalue weighted by Crippen LogP contribution is 2.51. The SMILES string of the molecule is CC(O)C(=O)N1N=C(c2cc(F)ccc2F)SC1(CCCC(=N)N)c1ccccc1. The predicted molar refractivity (Wildman–Crippen MR) is 113 cm³/mol. The van der Waals surface area contributed by atoms with Crippen LogP contribution in [0.2, 0.25) is 0 Å². The zero-order valence-corrected chi connectivity index (χ0v) is 17.1. The van der Waals surface area contributed by atoms with Crippen LogP contribution in [0.15, 0.2) is 53.6 Å². The van der Waals surface area contributed by atoms with Crippen molar-refractivity contribution in [2.24, 2.45) is 10.8 Å². The summed E-state index contributed by atoms with van der Waals surface area (Å²) in [7, 11) is 0. The summed E-state index contributed by atoms with van der Waals surface area (Å²) in [4.78, 5) is 11.8. The molecule has 2 aromatic carbocycles. The molecule has 1 aliphatic heterocycles. The summed E-state index contributed by atoms with van der Waals surface area (Å²) in [6.07, 6.45) is -0.254. The standard InChI is InChI=1S/C21H22F2N4O2S/c1-13(28)20(29)27-21(11-5-8-18(24)25,14-6-3-2-4-7-14)30-19(26-27)16-12-15(22)9-10-17(16)23/h2-4,6-7,9-10,12-13,28H,5,8,11H2,1H3,(H3,24,25). The number of nitrogens with zero attached hydrogens (tertiary/aromatic N) is 2. The number of amides is 1. The van der Waals surface area contributed by atoms with Crippen molar-refractivity contribution in [1.82, 2.24) is 5.01 Å². The molecule has 0 aromatic heterocycles. The van der Waals surface area contributed by atoms with Gasteiger partial charge in [0.15, 0.2) is 0 Å². The van der Waals surface area contributed by atoms with E-state index in [-0.39, 0.29) is 16.4 Å². The van der Waals surface area contributed by atoms with Gasteiger partial charge in [-0.05, 0) is 43.5 Å². The van der Waals surface area contributed by atoms with Gasteiger partial charge >= 0.3 is 0 Å². The molecule has 2 atom stereocenters. The lowest BCUT2D eigenvalue weighted by molar-refractivity contribution is -0.143. The quantitative estimate of drug-likeness (QED) is 0.460. The zero-order valence-electron chi connectivity index (χ0n) is 16.3. The summed E-state index contributed by atoms with van der Waals surface area (Å²) in [6, 6.07) is 12.1. The topological polar surface area (TPSA) is 103 Å². The molecule has 0 saturated carbocycles. The van der Waals surface area contributed by atoms with E-state index in [1.54, 1.807) is 12.1 Å². The van der Waals surface area contributed by atoms with E-state index < -0.39 is 28.5 Å². The Balaban J connectivity index is 2.12. The number of hydrazone groups is 1. The fourth-order valence-electron chi connectivity index (χ4n) is 3.27. The average molecular weight is 432 g/mol. The molecule has 0 spiro atoms. The van der Waals surface area contributed by atoms with Crippen LogP contribution >= 0.6 is 11.8 Å². The molecule has 9 heteroatoms. The minimum Gasteiger partial charge on any atom is -0.388 e. The maximum Gasteiger partial charge on any atom is 0.272 e. The maximum atomic E-state index is 14.5. The molecule has 4 N–H and O–H groups in total. The molecule has 0 saturated heterocycles. The number of aliphatic hydroxyl groups is 1. The summed E-state index contributed by atoms with van der Waals surface area (Å²) < 4.78 is 28.3. The largest absolute Gasteiger partial charge is 0.388 e. The van der Waals surface area contributed by atoms with Gasteiger partial charge < -0.3 is 10.8 Å². The molecule has 0 bridgehead atoms. The van der Waals surface area contributed by atoms with Gasteiger partial charge in [-0.15, -0.1) is 0 Å². The molecule has 30 heavy (non-hydrogen) atoms. The monoisotopic (exact) mass is 432 g/mol. The molecule has 2 unspecified atom stereocenters. The number of halogens is 2. The minimum atomic E-state index is -1.35. The van der Waals surface area contributed by atoms with Crippen molar-refractivity contribution in [3.8, 4) is 0 Å². The Morgan fingerprint density at radius 2 is 2.00 bits per heavy atom. The Bertz CT molecular complexity index is 984. The van der Waals surface area contributed by atoms with E-state index >= 15 is 0 Å². The normalized spacial score (nSPS) is 19.5. The van der Waals surface area contributed by atoms with Crippen molar-refractivity contribution in [2.75, 3.05) is 0 Å². The van der Waals surface area contributed by atoms with E-state index in [0.717, 1.165) is 35.0 Å². The van der Waals surface area contributed by atoms with Crippen LogP contribution < -0.4 is 5.73 Å². The van der Waals surface area contributed by atoms with Gasteiger partial charge in [0.05, 0.1) is 5.84 Å². The van der Waals surface area contributed by atoms with Gasteiger partial charge in [-0.1, -0.05) is 42.1 Å². The first-order chi connectivity index (χ1) is 14.2. The molecule has 6 nitrogen and oxygen atoms in total. The molecule has 2 aromatic rings. The van der Waals surface area contributed by atoms with Crippen LogP contribution in [0.4, 0.5) is 8.78 Å². The summed E-state index contributed by atoms with van der Waals surface area (Å²) >= 11 is 1.12. The number of thioether (sulfide) groups is 1. The van der Waals surface area contributed by atoms with Crippen molar-refractivity contribution >= 4 is 28.5 Å². The molecule has 0 fully saturated rings. The lowest BCUT2D eigenvalue weighted by Crippen LogP contribution is -2.45. The van der Waals surface area contributed by atoms with Crippen LogP contribution in [0.25, 0.3) is 0 Å². The molecule has 1 heterocycles. The fraction of sp³-hybridized carbons (Fsp3) is 0.286. The van der Waals surface area contributed by atoms with E-state index in [0.29, 0.717) is 24.8 Å². The van der Waals surface area contributed by atoms with Gasteiger partial charge in [-0.2, -0.15) is 5.10 Å². The van der Waals surface area contributed by atoms with Crippen LogP contribution in [-0.4, -0.2) is 33.0 Å². The van der Waals surface area contributed by atoms with Crippen LogP contribution in [0, 0.1) is 17.0 Å². The molecule has 0 aliphatic carbocycles. The lowest BCUT2D eigenvalue weighted by atomic mass is 9.98. The highest BCUT2D eigenvalue weighted by Gasteiger charge is 2.49. The zero-order chi connectivity index (χ0) is 21.9. The van der Waals surface area contributed by atoms with Crippen molar-refractivity contribution in [3.63, 3.8) is 0 Å². The van der Waals surface area contributed by atoms with Gasteiger partial charge in [0, 0.05) is 12.0 Å². The van der Waals surface area contributed by atoms with Crippen LogP contribution in [0.3, 0.4) is 0 Å². The Hall–Kier alpha value is -2.78. The number of carbonyl (C=O) groups excluding carboxylic acids is 1. The molecular formula is C21H22F2N4O2S. The van der Waals surface area contributed by atoms with Crippen molar-refractivity contribution in [3.05, 3.63) is 71.3 Å². The van der Waals surface area contributed by atoms with E-state index in [1.165, 1.54) is 6.92 Å². The molecule has 3 rings (SSSR count). The third-order valence-electron chi connectivity index (χ3n) is 4.71. The fourth-order valence-corrected chi connectivity index (χ4v) is 4.70. The van der Waals surface area contributed by atoms with Gasteiger partial charge in [-0.25, -0.2) is 13.8 Å². The summed E-state index contributed by atoms with van der Waals surface area (Å²) in [5.41, 5.74) is 6.14. The lowest BCUT2D eigenvalue weighted by Gasteiger charge is -2.36. The first-order valence-corrected chi connectivity index (χ1v) is 10.2. The van der Waals surface area contributed by atoms with Crippen LogP contribution in [0.5, 0.6) is 0 Å². The van der Waals surface area contributed by atoms with Crippen molar-refractivity contribution in [2.45, 2.75) is 37.2 Å². The number of hydrogen-bond acceptors (Lipinski definition) is 5. The molecule has 1 aliphatic rings. The van der Waals surface area contributed by atoms with Crippen molar-refractivity contribution in [1.29, 1.82) is 5.41 Å². The summed E-state index contributed by atoms with van der Waals surface area (Å²) in [5.74, 6) is -1.95. The number of carbonyl (C=O) groups is 1. The third-order valence-corrected chi connectivity index (χ3v) is 6.16. The first kappa shape index (κ1) is 21.9. The number of hydrogen-bond donors (Lipinski definition) is 3. The molecule has 158 valence electrons. The molecule has 1 amide bonds. The highest BCUT2D eigenvalue weighted by atomic mass is 32.2. The van der Waals surface area contributed by atoms with Gasteiger partial charge in [0.2, 0.25) is 0 Å². The number of nitrogens with two attached hydrogens (primary N) is 1. The smallest absolute Gasteiger partial charge is 0.272 e. The third kappa shape index (κ3) is 4.36. The van der Waals surface area contributed by atoms with E-state index in [1.807, 2.05) is 18.2 Å². The van der Waals surface area contributed by atoms with E-state index in [4.69, 9.17) is 11.1 Å². The van der Waals surface area contributed by atoms with Crippen LogP contribution in [0.1, 0.15) is 37.3 Å². The van der Waals surface area contributed by atoms with Crippen molar-refractivity contribution < 1.29 is 18.7 Å². The number of rotatable bonds is 7. The Morgan fingerprint density at radius 1 is 1.30 bits per heavy atom. The Labute approximate surface area is 177 Å². The van der Waals surface area contributed by atoms with Gasteiger partial charge in [0.25, 0.3) is 5.91 Å². The number of nitrogens with one attached hydrogen (secondary N) is 1. The number of benzene rings is 2. The first-order valence-electron chi connectivity index (χ1n) is 9.38. The second-order valence-corrected chi connectivity index (χ2v) is 8.25. The van der Waals surface area contributed by atoms with Gasteiger partial charge in [-0.3, -0.25) is 10.2 Å². The second-order valence-electron chi connectivity index (χ2n) is 6.99. The van der Waals surface area contributed by atoms with E-state index in [9.17, 15) is 18.7 Å². The minimum absolute atomic E-state index is 0.00641. The number of amidine groups is 1. The average Bonchev–Trinajstić information content (AvgIpc) is 3.10. The summed E-state index contributed by atoms with van der Waals surface area (Å²) in [5, 5.41) is 23.1. The predicted octanol–water partition coefficient (Wildman–Crippen LogP) is 3.54. The summed E-state index contributed by atoms with van der Waals surface area (Å²) in [6.45, 7) is 1.33. The maximum absolute atomic E-state index is 14.5. The Kier molecular flexibility index (Phi) is 6.52. The van der Waals surface area contributed by atoms with E-state index in [2.05, 4.69) is 5.10 Å². The van der Waals surface area contributed by atoms with Gasteiger partial charge in [0.1, 0.15) is 27.7 Å². The molecular weight excluding hydrogens is 410 g/mol.